The molecule has 0 saturated heterocycles. The molecular weight excluding hydrogens is 142 g/mol. The standard InChI is InChI=1S/C7H5NS.CH4/c1-2-4-7-6(3-1)8-5-9-7;/h1-5H;1H4. The first-order valence-electron chi connectivity index (χ1n) is 2.75. The maximum Gasteiger partial charge on any atom is 0.0812 e. The van der Waals surface area contributed by atoms with Crippen molar-refractivity contribution in [2.75, 3.05) is 0 Å². The Morgan fingerprint density at radius 2 is 2.00 bits per heavy atom. The third kappa shape index (κ3) is 1.02. The molecule has 0 bridgehead atoms. The Balaban J connectivity index is 0.000000500. The minimum absolute atomic E-state index is 0. The van der Waals surface area contributed by atoms with Gasteiger partial charge >= 0.3 is 0 Å². The van der Waals surface area contributed by atoms with Crippen molar-refractivity contribution in [2.24, 2.45) is 0 Å². The van der Waals surface area contributed by atoms with Gasteiger partial charge in [0.25, 0.3) is 0 Å². The fourth-order valence-corrected chi connectivity index (χ4v) is 1.48. The molecule has 1 aromatic heterocycles. The summed E-state index contributed by atoms with van der Waals surface area (Å²) in [5.41, 5.74) is 2.97. The Hall–Kier alpha value is -0.890. The monoisotopic (exact) mass is 151 g/mol. The summed E-state index contributed by atoms with van der Waals surface area (Å²) in [6.07, 6.45) is 0. The second-order valence-electron chi connectivity index (χ2n) is 1.82. The van der Waals surface area contributed by atoms with Gasteiger partial charge in [-0.1, -0.05) is 19.6 Å². The number of aromatic nitrogens is 1. The minimum atomic E-state index is 0. The van der Waals surface area contributed by atoms with Gasteiger partial charge in [-0.05, 0) is 12.1 Å². The summed E-state index contributed by atoms with van der Waals surface area (Å²) >= 11 is 1.68. The molecule has 0 aliphatic carbocycles. The van der Waals surface area contributed by atoms with Gasteiger partial charge in [-0.3, -0.25) is 0 Å². The second kappa shape index (κ2) is 2.80. The van der Waals surface area contributed by atoms with E-state index < -0.39 is 0 Å². The van der Waals surface area contributed by atoms with E-state index in [1.807, 2.05) is 23.7 Å². The number of rotatable bonds is 0. The van der Waals surface area contributed by atoms with Crippen LogP contribution in [0.5, 0.6) is 0 Å². The highest BCUT2D eigenvalue weighted by Gasteiger charge is 1.89. The van der Waals surface area contributed by atoms with Gasteiger partial charge in [-0.2, -0.15) is 0 Å². The molecule has 52 valence electrons. The zero-order valence-electron chi connectivity index (χ0n) is 4.74. The highest BCUT2D eigenvalue weighted by Crippen LogP contribution is 2.15. The highest BCUT2D eigenvalue weighted by atomic mass is 32.1. The summed E-state index contributed by atoms with van der Waals surface area (Å²) in [5.74, 6) is 0. The molecule has 0 aliphatic rings. The van der Waals surface area contributed by atoms with Crippen LogP contribution in [0.25, 0.3) is 10.2 Å². The van der Waals surface area contributed by atoms with E-state index in [0.29, 0.717) is 0 Å². The fourth-order valence-electron chi connectivity index (χ4n) is 0.803. The van der Waals surface area contributed by atoms with Crippen LogP contribution in [0.2, 0.25) is 0 Å². The van der Waals surface area contributed by atoms with Crippen molar-refractivity contribution in [3.05, 3.63) is 29.8 Å². The lowest BCUT2D eigenvalue weighted by Gasteiger charge is -1.80. The van der Waals surface area contributed by atoms with E-state index >= 15 is 0 Å². The summed E-state index contributed by atoms with van der Waals surface area (Å²) in [7, 11) is 0. The van der Waals surface area contributed by atoms with Crippen molar-refractivity contribution in [1.82, 2.24) is 4.98 Å². The number of thiazole rings is 1. The summed E-state index contributed by atoms with van der Waals surface area (Å²) in [6.45, 7) is 0. The number of nitrogens with zero attached hydrogens (tertiary/aromatic N) is 1. The second-order valence-corrected chi connectivity index (χ2v) is 2.71. The van der Waals surface area contributed by atoms with Crippen molar-refractivity contribution in [3.63, 3.8) is 0 Å². The predicted octanol–water partition coefficient (Wildman–Crippen LogP) is 2.93. The summed E-state index contributed by atoms with van der Waals surface area (Å²) < 4.78 is 1.26. The van der Waals surface area contributed by atoms with Crippen molar-refractivity contribution >= 4 is 21.6 Å². The third-order valence-electron chi connectivity index (χ3n) is 1.24. The molecule has 1 nitrogen and oxygen atoms in total. The Morgan fingerprint density at radius 1 is 1.20 bits per heavy atom. The van der Waals surface area contributed by atoms with Crippen LogP contribution >= 0.6 is 11.3 Å². The molecule has 0 atom stereocenters. The van der Waals surface area contributed by atoms with Gasteiger partial charge in [-0.15, -0.1) is 11.3 Å². The quantitative estimate of drug-likeness (QED) is 0.564. The molecule has 0 N–H and O–H groups in total. The molecule has 0 amide bonds. The molecule has 1 aromatic carbocycles. The molecule has 0 saturated carbocycles. The SMILES string of the molecule is C.c1ccc2scnc2c1. The minimum Gasteiger partial charge on any atom is -0.245 e. The van der Waals surface area contributed by atoms with E-state index in [4.69, 9.17) is 0 Å². The van der Waals surface area contributed by atoms with Crippen LogP contribution in [0.1, 0.15) is 7.43 Å². The molecule has 1 heterocycles. The first-order chi connectivity index (χ1) is 4.47. The average molecular weight is 151 g/mol. The van der Waals surface area contributed by atoms with Crippen molar-refractivity contribution < 1.29 is 0 Å². The zero-order valence-corrected chi connectivity index (χ0v) is 5.56. The van der Waals surface area contributed by atoms with Crippen LogP contribution in [0.4, 0.5) is 0 Å². The molecule has 0 aliphatic heterocycles. The van der Waals surface area contributed by atoms with Gasteiger partial charge in [0.1, 0.15) is 0 Å². The number of benzene rings is 1. The van der Waals surface area contributed by atoms with Gasteiger partial charge in [-0.25, -0.2) is 4.98 Å². The van der Waals surface area contributed by atoms with Crippen LogP contribution in [0, 0.1) is 0 Å². The van der Waals surface area contributed by atoms with E-state index in [-0.39, 0.29) is 7.43 Å². The predicted molar refractivity (Wildman–Crippen MR) is 46.4 cm³/mol. The van der Waals surface area contributed by atoms with Gasteiger partial charge in [0, 0.05) is 0 Å². The Labute approximate surface area is 64.3 Å². The fraction of sp³-hybridized carbons (Fsp3) is 0.125. The van der Waals surface area contributed by atoms with Crippen LogP contribution in [0.15, 0.2) is 29.8 Å². The van der Waals surface area contributed by atoms with Crippen LogP contribution < -0.4 is 0 Å². The Morgan fingerprint density at radius 3 is 2.80 bits per heavy atom. The number of para-hydroxylation sites is 1. The molecule has 0 radical (unpaired) electrons. The molecule has 0 unspecified atom stereocenters. The first-order valence-corrected chi connectivity index (χ1v) is 3.63. The highest BCUT2D eigenvalue weighted by molar-refractivity contribution is 7.16. The topological polar surface area (TPSA) is 12.9 Å². The zero-order chi connectivity index (χ0) is 6.10. The normalized spacial score (nSPS) is 9.20. The lowest BCUT2D eigenvalue weighted by Crippen LogP contribution is -1.61. The molecule has 10 heavy (non-hydrogen) atoms. The number of fused-ring (bicyclic) bond motifs is 1. The summed E-state index contributed by atoms with van der Waals surface area (Å²) in [5, 5.41) is 0. The van der Waals surface area contributed by atoms with E-state index in [1.54, 1.807) is 11.3 Å². The molecular formula is C8H9NS. The molecule has 0 spiro atoms. The maximum atomic E-state index is 4.14. The first kappa shape index (κ1) is 7.22. The van der Waals surface area contributed by atoms with E-state index in [0.717, 1.165) is 5.52 Å². The van der Waals surface area contributed by atoms with Gasteiger partial charge in [0.05, 0.1) is 15.7 Å². The largest absolute Gasteiger partial charge is 0.245 e. The lowest BCUT2D eigenvalue weighted by molar-refractivity contribution is 1.50. The van der Waals surface area contributed by atoms with Gasteiger partial charge < -0.3 is 0 Å². The van der Waals surface area contributed by atoms with Gasteiger partial charge in [0.2, 0.25) is 0 Å². The average Bonchev–Trinajstić information content (AvgIpc) is 2.33. The summed E-state index contributed by atoms with van der Waals surface area (Å²) in [6, 6.07) is 8.13. The molecule has 2 aromatic rings. The Bertz CT molecular complexity index is 283. The van der Waals surface area contributed by atoms with Crippen molar-refractivity contribution in [1.29, 1.82) is 0 Å². The van der Waals surface area contributed by atoms with Crippen LogP contribution in [0.3, 0.4) is 0 Å². The van der Waals surface area contributed by atoms with Gasteiger partial charge in [0.15, 0.2) is 0 Å². The molecule has 2 heteroatoms. The van der Waals surface area contributed by atoms with Crippen molar-refractivity contribution in [2.45, 2.75) is 7.43 Å². The van der Waals surface area contributed by atoms with Crippen LogP contribution in [-0.2, 0) is 0 Å². The van der Waals surface area contributed by atoms with E-state index in [2.05, 4.69) is 11.1 Å². The van der Waals surface area contributed by atoms with Crippen molar-refractivity contribution in [3.8, 4) is 0 Å². The lowest BCUT2D eigenvalue weighted by atomic mass is 10.3. The maximum absolute atomic E-state index is 4.14. The number of hydrogen-bond donors (Lipinski definition) is 0. The smallest absolute Gasteiger partial charge is 0.0812 e. The number of hydrogen-bond acceptors (Lipinski definition) is 2. The molecule has 0 fully saturated rings. The van der Waals surface area contributed by atoms with E-state index in [1.165, 1.54) is 4.70 Å². The molecule has 2 rings (SSSR count). The van der Waals surface area contributed by atoms with Crippen LogP contribution in [-0.4, -0.2) is 4.98 Å². The van der Waals surface area contributed by atoms with E-state index in [9.17, 15) is 0 Å². The third-order valence-corrected chi connectivity index (χ3v) is 2.05. The summed E-state index contributed by atoms with van der Waals surface area (Å²) in [4.78, 5) is 4.14. The Kier molecular flexibility index (Phi) is 2.02.